The van der Waals surface area contributed by atoms with Gasteiger partial charge in [-0.15, -0.1) is 0 Å². The Morgan fingerprint density at radius 1 is 1.37 bits per heavy atom. The predicted molar refractivity (Wildman–Crippen MR) is 76.3 cm³/mol. The molecule has 0 saturated heterocycles. The number of rotatable bonds is 7. The Balaban J connectivity index is 2.36. The third kappa shape index (κ3) is 7.32. The minimum absolute atomic E-state index is 0.00768. The molecule has 0 aliphatic heterocycles. The maximum atomic E-state index is 11.5. The molecule has 0 atom stereocenters. The van der Waals surface area contributed by atoms with Gasteiger partial charge in [-0.1, -0.05) is 11.6 Å². The molecule has 0 radical (unpaired) electrons. The Kier molecular flexibility index (Phi) is 6.51. The normalized spacial score (nSPS) is 16.0. The van der Waals surface area contributed by atoms with Crippen molar-refractivity contribution in [1.82, 2.24) is 9.62 Å². The zero-order chi connectivity index (χ0) is 14.3. The lowest BCUT2D eigenvalue weighted by molar-refractivity contribution is -0.128. The Hall–Kier alpha value is -0.880. The van der Waals surface area contributed by atoms with Crippen LogP contribution < -0.4 is 4.72 Å². The summed E-state index contributed by atoms with van der Waals surface area (Å²) in [7, 11) is -3.18. The van der Waals surface area contributed by atoms with Crippen molar-refractivity contribution >= 4 is 15.9 Å². The fraction of sp³-hybridized carbons (Fsp3) is 0.769. The molecule has 1 aliphatic rings. The minimum Gasteiger partial charge on any atom is -0.341 e. The van der Waals surface area contributed by atoms with E-state index in [2.05, 4.69) is 10.8 Å². The zero-order valence-electron chi connectivity index (χ0n) is 11.8. The van der Waals surface area contributed by atoms with Crippen LogP contribution in [0.3, 0.4) is 0 Å². The van der Waals surface area contributed by atoms with Gasteiger partial charge in [0.2, 0.25) is 15.9 Å². The van der Waals surface area contributed by atoms with Crippen molar-refractivity contribution in [2.24, 2.45) is 0 Å². The van der Waals surface area contributed by atoms with Gasteiger partial charge >= 0.3 is 0 Å². The SMILES string of the molecule is CC(=O)N(CCNS(C)(=O)=O)CCC1=CCCCC1. The predicted octanol–water partition coefficient (Wildman–Crippen LogP) is 1.27. The monoisotopic (exact) mass is 288 g/mol. The van der Waals surface area contributed by atoms with Crippen LogP contribution in [0.2, 0.25) is 0 Å². The zero-order valence-corrected chi connectivity index (χ0v) is 12.6. The van der Waals surface area contributed by atoms with Gasteiger partial charge in [0.15, 0.2) is 0 Å². The number of nitrogens with zero attached hydrogens (tertiary/aromatic N) is 1. The Morgan fingerprint density at radius 3 is 2.63 bits per heavy atom. The molecule has 19 heavy (non-hydrogen) atoms. The van der Waals surface area contributed by atoms with Crippen LogP contribution in [0.5, 0.6) is 0 Å². The molecule has 1 N–H and O–H groups in total. The van der Waals surface area contributed by atoms with E-state index in [0.717, 1.165) is 25.5 Å². The first-order chi connectivity index (χ1) is 8.88. The highest BCUT2D eigenvalue weighted by atomic mass is 32.2. The number of hydrogen-bond donors (Lipinski definition) is 1. The maximum absolute atomic E-state index is 11.5. The van der Waals surface area contributed by atoms with E-state index < -0.39 is 10.0 Å². The fourth-order valence-corrected chi connectivity index (χ4v) is 2.67. The molecule has 0 saturated carbocycles. The lowest BCUT2D eigenvalue weighted by atomic mass is 9.97. The van der Waals surface area contributed by atoms with Gasteiger partial charge in [0.25, 0.3) is 0 Å². The molecule has 110 valence electrons. The third-order valence-electron chi connectivity index (χ3n) is 3.28. The summed E-state index contributed by atoms with van der Waals surface area (Å²) < 4.78 is 24.3. The summed E-state index contributed by atoms with van der Waals surface area (Å²) in [5, 5.41) is 0. The minimum atomic E-state index is -3.18. The second kappa shape index (κ2) is 7.65. The summed E-state index contributed by atoms with van der Waals surface area (Å²) in [5.74, 6) is -0.00768. The smallest absolute Gasteiger partial charge is 0.219 e. The van der Waals surface area contributed by atoms with Crippen LogP contribution in [0.25, 0.3) is 0 Å². The highest BCUT2D eigenvalue weighted by molar-refractivity contribution is 7.88. The molecule has 0 aromatic heterocycles. The third-order valence-corrected chi connectivity index (χ3v) is 4.01. The number of amides is 1. The highest BCUT2D eigenvalue weighted by Crippen LogP contribution is 2.20. The molecule has 5 nitrogen and oxygen atoms in total. The van der Waals surface area contributed by atoms with E-state index in [-0.39, 0.29) is 12.5 Å². The molecule has 0 heterocycles. The molecule has 6 heteroatoms. The maximum Gasteiger partial charge on any atom is 0.219 e. The van der Waals surface area contributed by atoms with Gasteiger partial charge in [-0.05, 0) is 32.1 Å². The van der Waals surface area contributed by atoms with Crippen molar-refractivity contribution in [2.75, 3.05) is 25.9 Å². The van der Waals surface area contributed by atoms with Crippen LogP contribution >= 0.6 is 0 Å². The molecular formula is C13H24N2O3S. The summed E-state index contributed by atoms with van der Waals surface area (Å²) in [6.07, 6.45) is 9.07. The summed E-state index contributed by atoms with van der Waals surface area (Å²) >= 11 is 0. The van der Waals surface area contributed by atoms with Crippen molar-refractivity contribution in [2.45, 2.75) is 39.0 Å². The van der Waals surface area contributed by atoms with Gasteiger partial charge in [0.1, 0.15) is 0 Å². The molecule has 0 fully saturated rings. The lowest BCUT2D eigenvalue weighted by Crippen LogP contribution is -2.37. The van der Waals surface area contributed by atoms with Gasteiger partial charge in [0, 0.05) is 26.6 Å². The van der Waals surface area contributed by atoms with E-state index in [9.17, 15) is 13.2 Å². The average molecular weight is 288 g/mol. The topological polar surface area (TPSA) is 66.5 Å². The van der Waals surface area contributed by atoms with Crippen LogP contribution in [-0.4, -0.2) is 45.1 Å². The molecule has 1 aliphatic carbocycles. The van der Waals surface area contributed by atoms with Crippen LogP contribution in [0.1, 0.15) is 39.0 Å². The van der Waals surface area contributed by atoms with Gasteiger partial charge in [-0.3, -0.25) is 4.79 Å². The van der Waals surface area contributed by atoms with Crippen LogP contribution in [-0.2, 0) is 14.8 Å². The van der Waals surface area contributed by atoms with E-state index >= 15 is 0 Å². The molecule has 0 aromatic carbocycles. The highest BCUT2D eigenvalue weighted by Gasteiger charge is 2.11. The molecule has 0 unspecified atom stereocenters. The molecule has 0 bridgehead atoms. The molecule has 0 aromatic rings. The van der Waals surface area contributed by atoms with Crippen LogP contribution in [0.4, 0.5) is 0 Å². The number of nitrogens with one attached hydrogen (secondary N) is 1. The number of allylic oxidation sites excluding steroid dienone is 1. The van der Waals surface area contributed by atoms with Gasteiger partial charge in [0.05, 0.1) is 6.26 Å². The van der Waals surface area contributed by atoms with E-state index in [1.165, 1.54) is 25.3 Å². The van der Waals surface area contributed by atoms with Crippen LogP contribution in [0, 0.1) is 0 Å². The van der Waals surface area contributed by atoms with Gasteiger partial charge in [-0.25, -0.2) is 13.1 Å². The van der Waals surface area contributed by atoms with E-state index in [0.29, 0.717) is 13.1 Å². The summed E-state index contributed by atoms with van der Waals surface area (Å²) in [6.45, 7) is 2.90. The Morgan fingerprint density at radius 2 is 2.11 bits per heavy atom. The van der Waals surface area contributed by atoms with E-state index in [1.54, 1.807) is 4.90 Å². The van der Waals surface area contributed by atoms with Gasteiger partial charge in [-0.2, -0.15) is 0 Å². The quantitative estimate of drug-likeness (QED) is 0.718. The number of hydrogen-bond acceptors (Lipinski definition) is 3. The van der Waals surface area contributed by atoms with Crippen molar-refractivity contribution in [3.8, 4) is 0 Å². The largest absolute Gasteiger partial charge is 0.341 e. The van der Waals surface area contributed by atoms with Crippen molar-refractivity contribution in [3.05, 3.63) is 11.6 Å². The molecule has 1 rings (SSSR count). The lowest BCUT2D eigenvalue weighted by Gasteiger charge is -2.22. The first-order valence-corrected chi connectivity index (χ1v) is 8.65. The summed E-state index contributed by atoms with van der Waals surface area (Å²) in [4.78, 5) is 13.2. The van der Waals surface area contributed by atoms with Crippen molar-refractivity contribution in [1.29, 1.82) is 0 Å². The first-order valence-electron chi connectivity index (χ1n) is 6.76. The van der Waals surface area contributed by atoms with E-state index in [1.807, 2.05) is 0 Å². The van der Waals surface area contributed by atoms with Crippen molar-refractivity contribution in [3.63, 3.8) is 0 Å². The average Bonchev–Trinajstić information content (AvgIpc) is 2.33. The first kappa shape index (κ1) is 16.2. The van der Waals surface area contributed by atoms with Crippen LogP contribution in [0.15, 0.2) is 11.6 Å². The summed E-state index contributed by atoms with van der Waals surface area (Å²) in [6, 6.07) is 0. The molecule has 0 spiro atoms. The standard InChI is InChI=1S/C13H24N2O3S/c1-12(16)15(11-9-14-19(2,17)18)10-8-13-6-4-3-5-7-13/h6,14H,3-5,7-11H2,1-2H3. The Bertz CT molecular complexity index is 429. The number of carbonyl (C=O) groups is 1. The fourth-order valence-electron chi connectivity index (χ4n) is 2.20. The second-order valence-electron chi connectivity index (χ2n) is 5.03. The van der Waals surface area contributed by atoms with Crippen molar-refractivity contribution < 1.29 is 13.2 Å². The number of carbonyl (C=O) groups excluding carboxylic acids is 1. The summed E-state index contributed by atoms with van der Waals surface area (Å²) in [5.41, 5.74) is 1.42. The second-order valence-corrected chi connectivity index (χ2v) is 6.86. The molecule has 1 amide bonds. The Labute approximate surface area is 116 Å². The van der Waals surface area contributed by atoms with E-state index in [4.69, 9.17) is 0 Å². The van der Waals surface area contributed by atoms with Gasteiger partial charge < -0.3 is 4.90 Å². The molecular weight excluding hydrogens is 264 g/mol. The number of sulfonamides is 1.